The third-order valence-electron chi connectivity index (χ3n) is 1.95. The first-order valence-electron chi connectivity index (χ1n) is 5.61. The molecule has 0 aliphatic heterocycles. The van der Waals surface area contributed by atoms with E-state index in [1.165, 1.54) is 12.1 Å². The van der Waals surface area contributed by atoms with Gasteiger partial charge in [-0.1, -0.05) is 13.8 Å². The Labute approximate surface area is 105 Å². The number of anilines is 1. The molecule has 0 aromatic carbocycles. The number of aromatic nitrogens is 1. The first-order chi connectivity index (χ1) is 8.49. The maximum atomic E-state index is 10.6. The zero-order valence-corrected chi connectivity index (χ0v) is 10.5. The van der Waals surface area contributed by atoms with Gasteiger partial charge in [0.2, 0.25) is 5.88 Å². The van der Waals surface area contributed by atoms with E-state index in [9.17, 15) is 10.1 Å². The lowest BCUT2D eigenvalue weighted by Gasteiger charge is -2.08. The SMILES string of the molecule is CC(C)COCCOc1cc([N+](=O)[O-])cc(N)n1. The minimum atomic E-state index is -0.542. The fourth-order valence-electron chi connectivity index (χ4n) is 1.22. The molecule has 100 valence electrons. The average Bonchev–Trinajstić information content (AvgIpc) is 2.27. The van der Waals surface area contributed by atoms with Gasteiger partial charge in [0.05, 0.1) is 23.7 Å². The first kappa shape index (κ1) is 14.2. The molecule has 0 fully saturated rings. The van der Waals surface area contributed by atoms with Crippen molar-refractivity contribution >= 4 is 11.5 Å². The highest BCUT2D eigenvalue weighted by Crippen LogP contribution is 2.20. The Kier molecular flexibility index (Phi) is 5.31. The summed E-state index contributed by atoms with van der Waals surface area (Å²) in [7, 11) is 0. The maximum absolute atomic E-state index is 10.6. The quantitative estimate of drug-likeness (QED) is 0.451. The summed E-state index contributed by atoms with van der Waals surface area (Å²) in [5, 5.41) is 10.6. The van der Waals surface area contributed by atoms with E-state index in [1.807, 2.05) is 13.8 Å². The molecular weight excluding hydrogens is 238 g/mol. The molecule has 0 bridgehead atoms. The van der Waals surface area contributed by atoms with Crippen LogP contribution < -0.4 is 10.5 Å². The summed E-state index contributed by atoms with van der Waals surface area (Å²) in [6, 6.07) is 2.42. The summed E-state index contributed by atoms with van der Waals surface area (Å²) in [6.45, 7) is 5.42. The molecule has 7 heteroatoms. The molecule has 0 aliphatic rings. The van der Waals surface area contributed by atoms with Crippen LogP contribution in [0.15, 0.2) is 12.1 Å². The minimum Gasteiger partial charge on any atom is -0.475 e. The Bertz CT molecular complexity index is 409. The molecule has 0 aliphatic carbocycles. The molecule has 18 heavy (non-hydrogen) atoms. The Hall–Kier alpha value is -1.89. The first-order valence-corrected chi connectivity index (χ1v) is 5.61. The molecule has 2 N–H and O–H groups in total. The predicted molar refractivity (Wildman–Crippen MR) is 66.5 cm³/mol. The van der Waals surface area contributed by atoms with Crippen LogP contribution in [0.4, 0.5) is 11.5 Å². The predicted octanol–water partition coefficient (Wildman–Crippen LogP) is 1.62. The van der Waals surface area contributed by atoms with E-state index >= 15 is 0 Å². The second kappa shape index (κ2) is 6.75. The van der Waals surface area contributed by atoms with Crippen LogP contribution in [0.2, 0.25) is 0 Å². The van der Waals surface area contributed by atoms with Crippen molar-refractivity contribution in [2.45, 2.75) is 13.8 Å². The van der Waals surface area contributed by atoms with Gasteiger partial charge in [-0.15, -0.1) is 0 Å². The molecule has 0 radical (unpaired) electrons. The number of hydrogen-bond acceptors (Lipinski definition) is 6. The number of nitro groups is 1. The Morgan fingerprint density at radius 2 is 2.17 bits per heavy atom. The normalized spacial score (nSPS) is 10.6. The standard InChI is InChI=1S/C11H17N3O4/c1-8(2)7-17-3-4-18-11-6-9(14(15)16)5-10(12)13-11/h5-6,8H,3-4,7H2,1-2H3,(H2,12,13). The van der Waals surface area contributed by atoms with Crippen LogP contribution in [0.5, 0.6) is 5.88 Å². The minimum absolute atomic E-state index is 0.0577. The van der Waals surface area contributed by atoms with Gasteiger partial charge in [-0.05, 0) is 5.92 Å². The Morgan fingerprint density at radius 1 is 1.44 bits per heavy atom. The van der Waals surface area contributed by atoms with Crippen LogP contribution in [0.1, 0.15) is 13.8 Å². The summed E-state index contributed by atoms with van der Waals surface area (Å²) in [5.74, 6) is 0.647. The van der Waals surface area contributed by atoms with E-state index in [0.717, 1.165) is 0 Å². The van der Waals surface area contributed by atoms with Crippen LogP contribution in [-0.2, 0) is 4.74 Å². The number of ether oxygens (including phenoxy) is 2. The molecule has 0 saturated carbocycles. The largest absolute Gasteiger partial charge is 0.475 e. The van der Waals surface area contributed by atoms with Gasteiger partial charge >= 0.3 is 0 Å². The summed E-state index contributed by atoms with van der Waals surface area (Å²) in [5.41, 5.74) is 5.30. The summed E-state index contributed by atoms with van der Waals surface area (Å²) in [6.07, 6.45) is 0. The molecule has 1 rings (SSSR count). The molecule has 0 unspecified atom stereocenters. The van der Waals surface area contributed by atoms with Crippen LogP contribution in [0, 0.1) is 16.0 Å². The average molecular weight is 255 g/mol. The van der Waals surface area contributed by atoms with E-state index in [0.29, 0.717) is 19.1 Å². The zero-order valence-electron chi connectivity index (χ0n) is 10.5. The van der Waals surface area contributed by atoms with Gasteiger partial charge in [-0.3, -0.25) is 10.1 Å². The van der Waals surface area contributed by atoms with Crippen molar-refractivity contribution in [3.8, 4) is 5.88 Å². The highest BCUT2D eigenvalue weighted by atomic mass is 16.6. The number of pyridine rings is 1. The van der Waals surface area contributed by atoms with Crippen LogP contribution in [0.25, 0.3) is 0 Å². The highest BCUT2D eigenvalue weighted by Gasteiger charge is 2.10. The van der Waals surface area contributed by atoms with Crippen LogP contribution in [0.3, 0.4) is 0 Å². The third-order valence-corrected chi connectivity index (χ3v) is 1.95. The zero-order chi connectivity index (χ0) is 13.5. The Morgan fingerprint density at radius 3 is 2.78 bits per heavy atom. The summed E-state index contributed by atoms with van der Waals surface area (Å²) >= 11 is 0. The lowest BCUT2D eigenvalue weighted by molar-refractivity contribution is -0.384. The molecule has 1 aromatic rings. The lowest BCUT2D eigenvalue weighted by atomic mass is 10.2. The molecule has 0 spiro atoms. The molecule has 1 aromatic heterocycles. The number of nitrogen functional groups attached to an aromatic ring is 1. The summed E-state index contributed by atoms with van der Waals surface area (Å²) in [4.78, 5) is 13.9. The van der Waals surface area contributed by atoms with Crippen molar-refractivity contribution in [3.05, 3.63) is 22.2 Å². The maximum Gasteiger partial charge on any atom is 0.278 e. The van der Waals surface area contributed by atoms with Gasteiger partial charge in [0.25, 0.3) is 5.69 Å². The molecule has 1 heterocycles. The second-order valence-corrected chi connectivity index (χ2v) is 4.16. The van der Waals surface area contributed by atoms with Crippen LogP contribution in [-0.4, -0.2) is 29.7 Å². The van der Waals surface area contributed by atoms with Gasteiger partial charge in [0.15, 0.2) is 0 Å². The molecule has 0 atom stereocenters. The van der Waals surface area contributed by atoms with Crippen molar-refractivity contribution in [1.29, 1.82) is 0 Å². The van der Waals surface area contributed by atoms with Crippen molar-refractivity contribution < 1.29 is 14.4 Å². The van der Waals surface area contributed by atoms with Crippen molar-refractivity contribution in [1.82, 2.24) is 4.98 Å². The van der Waals surface area contributed by atoms with Crippen molar-refractivity contribution in [2.75, 3.05) is 25.6 Å². The smallest absolute Gasteiger partial charge is 0.278 e. The highest BCUT2D eigenvalue weighted by molar-refractivity contribution is 5.45. The van der Waals surface area contributed by atoms with Crippen LogP contribution >= 0.6 is 0 Å². The monoisotopic (exact) mass is 255 g/mol. The molecular formula is C11H17N3O4. The van der Waals surface area contributed by atoms with E-state index in [2.05, 4.69) is 4.98 Å². The number of rotatable bonds is 7. The van der Waals surface area contributed by atoms with Crippen molar-refractivity contribution in [2.24, 2.45) is 5.92 Å². The van der Waals surface area contributed by atoms with E-state index < -0.39 is 4.92 Å². The van der Waals surface area contributed by atoms with Gasteiger partial charge in [0.1, 0.15) is 12.4 Å². The van der Waals surface area contributed by atoms with Gasteiger partial charge in [0, 0.05) is 6.61 Å². The van der Waals surface area contributed by atoms with Crippen molar-refractivity contribution in [3.63, 3.8) is 0 Å². The fourth-order valence-corrected chi connectivity index (χ4v) is 1.22. The number of nitrogens with two attached hydrogens (primary N) is 1. The van der Waals surface area contributed by atoms with Gasteiger partial charge < -0.3 is 15.2 Å². The van der Waals surface area contributed by atoms with Gasteiger partial charge in [-0.25, -0.2) is 0 Å². The topological polar surface area (TPSA) is 101 Å². The Balaban J connectivity index is 2.44. The molecule has 7 nitrogen and oxygen atoms in total. The summed E-state index contributed by atoms with van der Waals surface area (Å²) < 4.78 is 10.5. The molecule has 0 amide bonds. The number of hydrogen-bond donors (Lipinski definition) is 1. The molecule has 0 saturated heterocycles. The van der Waals surface area contributed by atoms with E-state index in [-0.39, 0.29) is 24.0 Å². The van der Waals surface area contributed by atoms with E-state index in [1.54, 1.807) is 0 Å². The lowest BCUT2D eigenvalue weighted by Crippen LogP contribution is -2.11. The number of nitrogens with zero attached hydrogens (tertiary/aromatic N) is 2. The fraction of sp³-hybridized carbons (Fsp3) is 0.545. The third kappa shape index (κ3) is 4.96. The second-order valence-electron chi connectivity index (χ2n) is 4.16. The van der Waals surface area contributed by atoms with Gasteiger partial charge in [-0.2, -0.15) is 4.98 Å². The van der Waals surface area contributed by atoms with E-state index in [4.69, 9.17) is 15.2 Å².